The van der Waals surface area contributed by atoms with Gasteiger partial charge in [0.15, 0.2) is 6.61 Å². The molecule has 2 aliphatic heterocycles. The number of amides is 2. The van der Waals surface area contributed by atoms with Crippen LogP contribution in [0, 0.1) is 0 Å². The number of fused-ring (bicyclic) bond motifs is 1. The topological polar surface area (TPSA) is 105 Å². The maximum absolute atomic E-state index is 12.3. The number of sulfonamides is 1. The first-order chi connectivity index (χ1) is 11.5. The number of rotatable bonds is 6. The zero-order chi connectivity index (χ0) is 17.2. The van der Waals surface area contributed by atoms with Crippen LogP contribution in [0.2, 0.25) is 0 Å². The highest BCUT2D eigenvalue weighted by molar-refractivity contribution is 7.89. The van der Waals surface area contributed by atoms with E-state index in [1.807, 2.05) is 0 Å². The van der Waals surface area contributed by atoms with Crippen LogP contribution in [-0.2, 0) is 19.6 Å². The fraction of sp³-hybridized carbons (Fsp3) is 0.467. The molecule has 24 heavy (non-hydrogen) atoms. The molecule has 0 radical (unpaired) electrons. The molecule has 2 amide bonds. The summed E-state index contributed by atoms with van der Waals surface area (Å²) in [5.41, 5.74) is 0.344. The smallest absolute Gasteiger partial charge is 0.262 e. The monoisotopic (exact) mass is 353 g/mol. The number of hydrogen-bond donors (Lipinski definition) is 2. The molecular weight excluding hydrogens is 334 g/mol. The number of carbonyl (C=O) groups excluding carboxylic acids is 2. The van der Waals surface area contributed by atoms with E-state index in [-0.39, 0.29) is 29.9 Å². The lowest BCUT2D eigenvalue weighted by Gasteiger charge is -2.19. The van der Waals surface area contributed by atoms with Crippen molar-refractivity contribution in [1.29, 1.82) is 0 Å². The van der Waals surface area contributed by atoms with Crippen LogP contribution in [-0.4, -0.2) is 51.4 Å². The van der Waals surface area contributed by atoms with E-state index in [2.05, 4.69) is 10.0 Å². The molecule has 1 aromatic carbocycles. The molecule has 0 spiro atoms. The number of likely N-dealkylation sites (tertiary alicyclic amines) is 1. The SMILES string of the molecule is O=C1COc2ccc(S(=O)(=O)NCCCN3CCCC3=O)cc2N1. The summed E-state index contributed by atoms with van der Waals surface area (Å²) in [6, 6.07) is 4.33. The molecule has 1 aromatic rings. The van der Waals surface area contributed by atoms with Gasteiger partial charge in [-0.05, 0) is 31.0 Å². The van der Waals surface area contributed by atoms with Crippen LogP contribution in [0.4, 0.5) is 5.69 Å². The quantitative estimate of drug-likeness (QED) is 0.716. The molecule has 0 aliphatic carbocycles. The zero-order valence-electron chi connectivity index (χ0n) is 13.1. The molecule has 2 N–H and O–H groups in total. The van der Waals surface area contributed by atoms with Gasteiger partial charge in [-0.3, -0.25) is 9.59 Å². The summed E-state index contributed by atoms with van der Waals surface area (Å²) < 4.78 is 32.3. The molecule has 2 heterocycles. The molecule has 2 aliphatic rings. The van der Waals surface area contributed by atoms with Gasteiger partial charge in [0.25, 0.3) is 5.91 Å². The summed E-state index contributed by atoms with van der Waals surface area (Å²) in [6.07, 6.45) is 2.00. The van der Waals surface area contributed by atoms with Crippen LogP contribution in [0.3, 0.4) is 0 Å². The maximum atomic E-state index is 12.3. The van der Waals surface area contributed by atoms with E-state index in [9.17, 15) is 18.0 Å². The average molecular weight is 353 g/mol. The Kier molecular flexibility index (Phi) is 4.72. The predicted molar refractivity (Wildman–Crippen MR) is 86.2 cm³/mol. The van der Waals surface area contributed by atoms with Crippen molar-refractivity contribution in [2.45, 2.75) is 24.2 Å². The average Bonchev–Trinajstić information content (AvgIpc) is 2.96. The molecule has 0 bridgehead atoms. The largest absolute Gasteiger partial charge is 0.482 e. The molecular formula is C15H19N3O5S. The second-order valence-electron chi connectivity index (χ2n) is 5.73. The Hall–Kier alpha value is -2.13. The highest BCUT2D eigenvalue weighted by atomic mass is 32.2. The number of nitrogens with one attached hydrogen (secondary N) is 2. The maximum Gasteiger partial charge on any atom is 0.262 e. The first kappa shape index (κ1) is 16.7. The molecule has 3 rings (SSSR count). The van der Waals surface area contributed by atoms with Crippen molar-refractivity contribution in [1.82, 2.24) is 9.62 Å². The van der Waals surface area contributed by atoms with Gasteiger partial charge in [0.2, 0.25) is 15.9 Å². The second kappa shape index (κ2) is 6.78. The van der Waals surface area contributed by atoms with Gasteiger partial charge in [0, 0.05) is 26.1 Å². The van der Waals surface area contributed by atoms with Gasteiger partial charge in [-0.2, -0.15) is 0 Å². The van der Waals surface area contributed by atoms with E-state index in [1.54, 1.807) is 4.90 Å². The van der Waals surface area contributed by atoms with E-state index >= 15 is 0 Å². The summed E-state index contributed by atoms with van der Waals surface area (Å²) in [7, 11) is -3.68. The number of nitrogens with zero attached hydrogens (tertiary/aromatic N) is 1. The Labute approximate surface area is 140 Å². The molecule has 1 fully saturated rings. The molecule has 8 nitrogen and oxygen atoms in total. The van der Waals surface area contributed by atoms with Crippen molar-refractivity contribution in [2.75, 3.05) is 31.6 Å². The number of benzene rings is 1. The number of carbonyl (C=O) groups is 2. The van der Waals surface area contributed by atoms with Gasteiger partial charge in [-0.25, -0.2) is 13.1 Å². The number of ether oxygens (including phenoxy) is 1. The van der Waals surface area contributed by atoms with Gasteiger partial charge in [0.1, 0.15) is 5.75 Å². The van der Waals surface area contributed by atoms with Crippen LogP contribution in [0.25, 0.3) is 0 Å². The van der Waals surface area contributed by atoms with E-state index in [1.165, 1.54) is 18.2 Å². The summed E-state index contributed by atoms with van der Waals surface area (Å²) >= 11 is 0. The van der Waals surface area contributed by atoms with Crippen molar-refractivity contribution < 1.29 is 22.7 Å². The predicted octanol–water partition coefficient (Wildman–Crippen LogP) is 0.308. The molecule has 0 saturated carbocycles. The van der Waals surface area contributed by atoms with Crippen LogP contribution in [0.5, 0.6) is 5.75 Å². The lowest BCUT2D eigenvalue weighted by Crippen LogP contribution is -2.31. The molecule has 9 heteroatoms. The van der Waals surface area contributed by atoms with Gasteiger partial charge in [-0.15, -0.1) is 0 Å². The van der Waals surface area contributed by atoms with E-state index < -0.39 is 10.0 Å². The first-order valence-electron chi connectivity index (χ1n) is 7.80. The van der Waals surface area contributed by atoms with E-state index in [0.717, 1.165) is 13.0 Å². The fourth-order valence-electron chi connectivity index (χ4n) is 2.73. The fourth-order valence-corrected chi connectivity index (χ4v) is 3.83. The minimum absolute atomic E-state index is 0.0595. The van der Waals surface area contributed by atoms with Crippen LogP contribution in [0.1, 0.15) is 19.3 Å². The van der Waals surface area contributed by atoms with Crippen LogP contribution in [0.15, 0.2) is 23.1 Å². The third kappa shape index (κ3) is 3.68. The Morgan fingerprint density at radius 1 is 1.29 bits per heavy atom. The van der Waals surface area contributed by atoms with Crippen LogP contribution >= 0.6 is 0 Å². The molecule has 0 atom stereocenters. The Morgan fingerprint density at radius 2 is 2.12 bits per heavy atom. The lowest BCUT2D eigenvalue weighted by atomic mass is 10.2. The number of hydrogen-bond acceptors (Lipinski definition) is 5. The van der Waals surface area contributed by atoms with Crippen molar-refractivity contribution >= 4 is 27.5 Å². The summed E-state index contributed by atoms with van der Waals surface area (Å²) in [6.45, 7) is 1.46. The second-order valence-corrected chi connectivity index (χ2v) is 7.50. The Morgan fingerprint density at radius 3 is 2.88 bits per heavy atom. The highest BCUT2D eigenvalue weighted by Crippen LogP contribution is 2.29. The standard InChI is InChI=1S/C15H19N3O5S/c19-14-10-23-13-5-4-11(9-12(13)17-14)24(21,22)16-6-2-8-18-7-1-3-15(18)20/h4-5,9,16H,1-3,6-8,10H2,(H,17,19). The van der Waals surface area contributed by atoms with Crippen molar-refractivity contribution in [3.8, 4) is 5.75 Å². The summed E-state index contributed by atoms with van der Waals surface area (Å²) in [4.78, 5) is 24.6. The van der Waals surface area contributed by atoms with E-state index in [4.69, 9.17) is 4.74 Å². The lowest BCUT2D eigenvalue weighted by molar-refractivity contribution is -0.127. The third-order valence-corrected chi connectivity index (χ3v) is 5.42. The van der Waals surface area contributed by atoms with Gasteiger partial charge >= 0.3 is 0 Å². The van der Waals surface area contributed by atoms with Crippen LogP contribution < -0.4 is 14.8 Å². The number of anilines is 1. The van der Waals surface area contributed by atoms with Crippen molar-refractivity contribution in [3.63, 3.8) is 0 Å². The van der Waals surface area contributed by atoms with Gasteiger partial charge in [0.05, 0.1) is 10.6 Å². The minimum Gasteiger partial charge on any atom is -0.482 e. The molecule has 0 unspecified atom stereocenters. The molecule has 130 valence electrons. The Balaban J connectivity index is 1.58. The van der Waals surface area contributed by atoms with Gasteiger partial charge < -0.3 is 15.0 Å². The Bertz CT molecular complexity index is 762. The van der Waals surface area contributed by atoms with Gasteiger partial charge in [-0.1, -0.05) is 0 Å². The van der Waals surface area contributed by atoms with Crippen molar-refractivity contribution in [3.05, 3.63) is 18.2 Å². The third-order valence-electron chi connectivity index (χ3n) is 3.96. The summed E-state index contributed by atoms with van der Waals surface area (Å²) in [5.74, 6) is 0.254. The summed E-state index contributed by atoms with van der Waals surface area (Å²) in [5, 5.41) is 2.58. The molecule has 1 saturated heterocycles. The highest BCUT2D eigenvalue weighted by Gasteiger charge is 2.22. The molecule has 0 aromatic heterocycles. The van der Waals surface area contributed by atoms with Crippen molar-refractivity contribution in [2.24, 2.45) is 0 Å². The first-order valence-corrected chi connectivity index (χ1v) is 9.28. The normalized spacial score (nSPS) is 17.4. The minimum atomic E-state index is -3.68. The zero-order valence-corrected chi connectivity index (χ0v) is 13.9. The van der Waals surface area contributed by atoms with E-state index in [0.29, 0.717) is 30.8 Å².